The van der Waals surface area contributed by atoms with Crippen LogP contribution in [0, 0.1) is 6.92 Å². The summed E-state index contributed by atoms with van der Waals surface area (Å²) in [5.41, 5.74) is 1.37. The van der Waals surface area contributed by atoms with E-state index in [1.165, 1.54) is 0 Å². The number of pyridine rings is 1. The average molecular weight is 330 g/mol. The van der Waals surface area contributed by atoms with Gasteiger partial charge in [-0.2, -0.15) is 0 Å². The van der Waals surface area contributed by atoms with Gasteiger partial charge in [0.15, 0.2) is 0 Å². The van der Waals surface area contributed by atoms with E-state index in [4.69, 9.17) is 16.4 Å². The third-order valence-electron chi connectivity index (χ3n) is 3.68. The molecule has 1 amide bonds. The lowest BCUT2D eigenvalue weighted by Crippen LogP contribution is -2.40. The lowest BCUT2D eigenvalue weighted by molar-refractivity contribution is -0.135. The number of anilines is 1. The summed E-state index contributed by atoms with van der Waals surface area (Å²) >= 11 is 6.18. The molecule has 1 atom stereocenters. The minimum atomic E-state index is -1.08. The fourth-order valence-electron chi connectivity index (χ4n) is 2.35. The van der Waals surface area contributed by atoms with Crippen LogP contribution in [0.15, 0.2) is 47.8 Å². The molecule has 0 spiro atoms. The molecule has 1 aromatic heterocycles. The summed E-state index contributed by atoms with van der Waals surface area (Å²) in [6.07, 6.45) is 1.99. The maximum absolute atomic E-state index is 12.5. The fraction of sp³-hybridized carbons (Fsp3) is 0.235. The van der Waals surface area contributed by atoms with Crippen molar-refractivity contribution in [2.75, 3.05) is 5.32 Å². The Bertz CT molecular complexity index is 791. The van der Waals surface area contributed by atoms with E-state index in [-0.39, 0.29) is 5.91 Å². The van der Waals surface area contributed by atoms with E-state index in [9.17, 15) is 4.79 Å². The Morgan fingerprint density at radius 1 is 1.35 bits per heavy atom. The Kier molecular flexibility index (Phi) is 4.05. The van der Waals surface area contributed by atoms with Crippen molar-refractivity contribution in [3.63, 3.8) is 0 Å². The van der Waals surface area contributed by atoms with Crippen LogP contribution in [-0.4, -0.2) is 22.2 Å². The first-order valence-corrected chi connectivity index (χ1v) is 7.60. The fourth-order valence-corrected chi connectivity index (χ4v) is 2.60. The van der Waals surface area contributed by atoms with Gasteiger partial charge in [0, 0.05) is 23.2 Å². The second-order valence-electron chi connectivity index (χ2n) is 5.69. The van der Waals surface area contributed by atoms with Crippen molar-refractivity contribution in [3.8, 4) is 0 Å². The van der Waals surface area contributed by atoms with Crippen molar-refractivity contribution in [3.05, 3.63) is 58.7 Å². The van der Waals surface area contributed by atoms with Crippen molar-refractivity contribution in [2.24, 2.45) is 5.16 Å². The van der Waals surface area contributed by atoms with Crippen LogP contribution < -0.4 is 5.32 Å². The van der Waals surface area contributed by atoms with Crippen LogP contribution in [0.5, 0.6) is 0 Å². The highest BCUT2D eigenvalue weighted by Crippen LogP contribution is 2.30. The maximum Gasteiger partial charge on any atom is 0.272 e. The molecule has 1 aliphatic rings. The van der Waals surface area contributed by atoms with Gasteiger partial charge < -0.3 is 10.2 Å². The number of nitrogens with one attached hydrogen (secondary N) is 1. The van der Waals surface area contributed by atoms with Gasteiger partial charge in [0.1, 0.15) is 5.82 Å². The smallest absolute Gasteiger partial charge is 0.272 e. The number of aromatic nitrogens is 1. The Labute approximate surface area is 139 Å². The second kappa shape index (κ2) is 6.01. The summed E-state index contributed by atoms with van der Waals surface area (Å²) in [5.74, 6) is 0.201. The Hall–Kier alpha value is -2.40. The largest absolute Gasteiger partial charge is 0.379 e. The van der Waals surface area contributed by atoms with E-state index in [0.717, 1.165) is 11.1 Å². The molecule has 1 N–H and O–H groups in total. The van der Waals surface area contributed by atoms with Gasteiger partial charge in [-0.15, -0.1) is 0 Å². The van der Waals surface area contributed by atoms with Crippen LogP contribution in [0.2, 0.25) is 5.02 Å². The van der Waals surface area contributed by atoms with Crippen LogP contribution in [0.25, 0.3) is 0 Å². The van der Waals surface area contributed by atoms with Crippen molar-refractivity contribution in [1.82, 2.24) is 4.98 Å². The van der Waals surface area contributed by atoms with Gasteiger partial charge in [-0.3, -0.25) is 4.79 Å². The molecule has 0 radical (unpaired) electrons. The SMILES string of the molecule is Cc1ccnc(NC(=O)[C@]2(C)CC(c3ccccc3Cl)=NO2)c1. The zero-order valence-corrected chi connectivity index (χ0v) is 13.6. The van der Waals surface area contributed by atoms with Gasteiger partial charge in [0.05, 0.1) is 5.71 Å². The number of nitrogens with zero attached hydrogens (tertiary/aromatic N) is 2. The number of hydrogen-bond donors (Lipinski definition) is 1. The Morgan fingerprint density at radius 3 is 2.87 bits per heavy atom. The van der Waals surface area contributed by atoms with Gasteiger partial charge in [-0.1, -0.05) is 35.0 Å². The highest BCUT2D eigenvalue weighted by molar-refractivity contribution is 6.34. The number of halogens is 1. The molecule has 0 unspecified atom stereocenters. The highest BCUT2D eigenvalue weighted by Gasteiger charge is 2.42. The highest BCUT2D eigenvalue weighted by atomic mass is 35.5. The summed E-state index contributed by atoms with van der Waals surface area (Å²) in [4.78, 5) is 22.1. The number of aryl methyl sites for hydroxylation is 1. The van der Waals surface area contributed by atoms with Crippen molar-refractivity contribution >= 4 is 29.0 Å². The number of benzene rings is 1. The van der Waals surface area contributed by atoms with Gasteiger partial charge in [0.2, 0.25) is 5.60 Å². The molecule has 1 aliphatic heterocycles. The van der Waals surface area contributed by atoms with Crippen molar-refractivity contribution in [2.45, 2.75) is 25.9 Å². The summed E-state index contributed by atoms with van der Waals surface area (Å²) < 4.78 is 0. The first kappa shape index (κ1) is 15.5. The van der Waals surface area contributed by atoms with E-state index in [1.54, 1.807) is 25.3 Å². The van der Waals surface area contributed by atoms with Crippen LogP contribution in [0.1, 0.15) is 24.5 Å². The van der Waals surface area contributed by atoms with Crippen LogP contribution in [0.3, 0.4) is 0 Å². The predicted molar refractivity (Wildman–Crippen MR) is 89.7 cm³/mol. The van der Waals surface area contributed by atoms with E-state index < -0.39 is 5.60 Å². The third-order valence-corrected chi connectivity index (χ3v) is 4.01. The standard InChI is InChI=1S/C17H16ClN3O2/c1-11-7-8-19-15(9-11)20-16(22)17(2)10-14(21-23-17)12-5-3-4-6-13(12)18/h3-9H,10H2,1-2H3,(H,19,20,22)/t17-/m0/s1. The zero-order chi connectivity index (χ0) is 16.4. The molecule has 0 aliphatic carbocycles. The lowest BCUT2D eigenvalue weighted by Gasteiger charge is -2.20. The summed E-state index contributed by atoms with van der Waals surface area (Å²) in [6, 6.07) is 11.0. The molecule has 0 bridgehead atoms. The van der Waals surface area contributed by atoms with E-state index in [2.05, 4.69) is 15.5 Å². The molecule has 6 heteroatoms. The number of oxime groups is 1. The number of hydrogen-bond acceptors (Lipinski definition) is 4. The first-order chi connectivity index (χ1) is 11.0. The molecule has 23 heavy (non-hydrogen) atoms. The Balaban J connectivity index is 1.74. The monoisotopic (exact) mass is 329 g/mol. The summed E-state index contributed by atoms with van der Waals surface area (Å²) in [5, 5.41) is 7.40. The predicted octanol–water partition coefficient (Wildman–Crippen LogP) is 3.57. The van der Waals surface area contributed by atoms with Gasteiger partial charge in [0.25, 0.3) is 5.91 Å². The molecule has 2 aromatic rings. The molecule has 5 nitrogen and oxygen atoms in total. The molecular formula is C17H16ClN3O2. The molecular weight excluding hydrogens is 314 g/mol. The van der Waals surface area contributed by atoms with E-state index >= 15 is 0 Å². The number of carbonyl (C=O) groups is 1. The van der Waals surface area contributed by atoms with Crippen molar-refractivity contribution in [1.29, 1.82) is 0 Å². The normalized spacial score (nSPS) is 19.9. The third kappa shape index (κ3) is 3.19. The maximum atomic E-state index is 12.5. The minimum absolute atomic E-state index is 0.290. The molecule has 3 rings (SSSR count). The number of carbonyl (C=O) groups excluding carboxylic acids is 1. The minimum Gasteiger partial charge on any atom is -0.379 e. The number of amides is 1. The van der Waals surface area contributed by atoms with Gasteiger partial charge >= 0.3 is 0 Å². The van der Waals surface area contributed by atoms with Crippen LogP contribution >= 0.6 is 11.6 Å². The van der Waals surface area contributed by atoms with Gasteiger partial charge in [-0.25, -0.2) is 4.98 Å². The van der Waals surface area contributed by atoms with E-state index in [0.29, 0.717) is 23.0 Å². The van der Waals surface area contributed by atoms with Crippen molar-refractivity contribution < 1.29 is 9.63 Å². The quantitative estimate of drug-likeness (QED) is 0.936. The topological polar surface area (TPSA) is 63.6 Å². The molecule has 118 valence electrons. The second-order valence-corrected chi connectivity index (χ2v) is 6.10. The average Bonchev–Trinajstić information content (AvgIpc) is 2.91. The molecule has 0 saturated heterocycles. The number of rotatable bonds is 3. The lowest BCUT2D eigenvalue weighted by atomic mass is 9.95. The van der Waals surface area contributed by atoms with Crippen LogP contribution in [0.4, 0.5) is 5.82 Å². The Morgan fingerprint density at radius 2 is 2.13 bits per heavy atom. The summed E-state index contributed by atoms with van der Waals surface area (Å²) in [7, 11) is 0. The molecule has 1 aromatic carbocycles. The molecule has 0 fully saturated rings. The molecule has 0 saturated carbocycles. The van der Waals surface area contributed by atoms with Crippen LogP contribution in [-0.2, 0) is 9.63 Å². The first-order valence-electron chi connectivity index (χ1n) is 7.22. The van der Waals surface area contributed by atoms with Gasteiger partial charge in [-0.05, 0) is 37.6 Å². The zero-order valence-electron chi connectivity index (χ0n) is 12.8. The summed E-state index contributed by atoms with van der Waals surface area (Å²) in [6.45, 7) is 3.63. The molecule has 2 heterocycles. The van der Waals surface area contributed by atoms with E-state index in [1.807, 2.05) is 31.2 Å².